The lowest BCUT2D eigenvalue weighted by Gasteiger charge is -2.33. The summed E-state index contributed by atoms with van der Waals surface area (Å²) in [6, 6.07) is 3.93. The lowest BCUT2D eigenvalue weighted by atomic mass is 9.99. The third-order valence-electron chi connectivity index (χ3n) is 7.77. The molecule has 0 spiro atoms. The van der Waals surface area contributed by atoms with E-state index in [9.17, 15) is 32.3 Å². The highest BCUT2D eigenvalue weighted by molar-refractivity contribution is 5.94. The number of alkyl halides is 3. The number of ether oxygens (including phenoxy) is 1. The molecule has 2 aliphatic rings. The number of carbonyl (C=O) groups is 4. The van der Waals surface area contributed by atoms with Gasteiger partial charge in [-0.25, -0.2) is 0 Å². The van der Waals surface area contributed by atoms with Gasteiger partial charge in [-0.2, -0.15) is 13.2 Å². The predicted octanol–water partition coefficient (Wildman–Crippen LogP) is 3.85. The number of amides is 4. The molecule has 1 aromatic rings. The molecule has 9 nitrogen and oxygen atoms in total. The summed E-state index contributed by atoms with van der Waals surface area (Å²) in [5.41, 5.74) is 1.53. The first-order chi connectivity index (χ1) is 20.9. The number of likely N-dealkylation sites (N-methyl/N-ethyl adjacent to an activating group) is 1. The monoisotopic (exact) mass is 618 g/mol. The van der Waals surface area contributed by atoms with Crippen molar-refractivity contribution in [2.45, 2.75) is 75.7 Å². The van der Waals surface area contributed by atoms with Crippen molar-refractivity contribution in [3.05, 3.63) is 66.8 Å². The number of likely N-dealkylation sites (tertiary alicyclic amines) is 1. The minimum Gasteiger partial charge on any atom is -0.494 e. The van der Waals surface area contributed by atoms with E-state index >= 15 is 0 Å². The third-order valence-corrected chi connectivity index (χ3v) is 7.77. The average Bonchev–Trinajstić information content (AvgIpc) is 3.41. The molecule has 1 saturated heterocycles. The number of carbonyl (C=O) groups excluding carboxylic acids is 4. The molecule has 0 unspecified atom stereocenters. The van der Waals surface area contributed by atoms with E-state index < -0.39 is 48.6 Å². The molecule has 1 aromatic carbocycles. The molecule has 3 atom stereocenters. The summed E-state index contributed by atoms with van der Waals surface area (Å²) in [5, 5.41) is 4.71. The van der Waals surface area contributed by atoms with Crippen molar-refractivity contribution in [3.8, 4) is 5.75 Å². The Morgan fingerprint density at radius 2 is 1.95 bits per heavy atom. The van der Waals surface area contributed by atoms with Crippen LogP contribution in [0.4, 0.5) is 13.2 Å². The number of fused-ring (bicyclic) bond motifs is 2. The van der Waals surface area contributed by atoms with E-state index in [2.05, 4.69) is 18.5 Å². The van der Waals surface area contributed by atoms with Gasteiger partial charge in [0.15, 0.2) is 0 Å². The fraction of sp³-hybridized carbons (Fsp3) is 0.500. The molecule has 0 radical (unpaired) electrons. The second kappa shape index (κ2) is 16.1. The topological polar surface area (TPSA) is 108 Å². The number of halogens is 3. The van der Waals surface area contributed by atoms with Crippen LogP contribution in [0.3, 0.4) is 0 Å². The Hall–Kier alpha value is -4.09. The number of rotatable bonds is 8. The Balaban J connectivity index is 1.99. The van der Waals surface area contributed by atoms with Gasteiger partial charge in [-0.05, 0) is 61.8 Å². The Labute approximate surface area is 256 Å². The maximum Gasteiger partial charge on any atom is 0.405 e. The zero-order valence-electron chi connectivity index (χ0n) is 25.0. The van der Waals surface area contributed by atoms with Gasteiger partial charge in [0.2, 0.25) is 23.6 Å². The van der Waals surface area contributed by atoms with Crippen molar-refractivity contribution in [3.63, 3.8) is 0 Å². The quantitative estimate of drug-likeness (QED) is 0.431. The van der Waals surface area contributed by atoms with Crippen molar-refractivity contribution in [1.82, 2.24) is 20.4 Å². The van der Waals surface area contributed by atoms with Crippen LogP contribution < -0.4 is 15.4 Å². The van der Waals surface area contributed by atoms with Crippen LogP contribution in [0.5, 0.6) is 5.75 Å². The first-order valence-electron chi connectivity index (χ1n) is 14.8. The van der Waals surface area contributed by atoms with Crippen LogP contribution in [0.25, 0.3) is 0 Å². The summed E-state index contributed by atoms with van der Waals surface area (Å²) >= 11 is 0. The van der Waals surface area contributed by atoms with E-state index in [0.717, 1.165) is 16.0 Å². The minimum absolute atomic E-state index is 0.0785. The molecule has 0 aromatic heterocycles. The van der Waals surface area contributed by atoms with Crippen LogP contribution in [-0.2, 0) is 25.6 Å². The Bertz CT molecular complexity index is 1250. The summed E-state index contributed by atoms with van der Waals surface area (Å²) in [5.74, 6) is -1.73. The van der Waals surface area contributed by atoms with E-state index in [1.165, 1.54) is 11.9 Å². The molecule has 1 fully saturated rings. The van der Waals surface area contributed by atoms with Gasteiger partial charge in [-0.1, -0.05) is 43.5 Å². The predicted molar refractivity (Wildman–Crippen MR) is 159 cm³/mol. The summed E-state index contributed by atoms with van der Waals surface area (Å²) in [4.78, 5) is 56.2. The molecule has 4 amide bonds. The third kappa shape index (κ3) is 9.99. The molecule has 2 aliphatic heterocycles. The molecule has 2 heterocycles. The van der Waals surface area contributed by atoms with Gasteiger partial charge in [0.1, 0.15) is 30.4 Å². The number of benzene rings is 1. The van der Waals surface area contributed by atoms with Crippen molar-refractivity contribution in [2.24, 2.45) is 0 Å². The smallest absolute Gasteiger partial charge is 0.405 e. The maximum atomic E-state index is 13.9. The highest BCUT2D eigenvalue weighted by Crippen LogP contribution is 2.23. The Morgan fingerprint density at radius 3 is 2.61 bits per heavy atom. The SMILES string of the molecule is C=C/C=C(\C=C)CC[C@@H]1NC(=O)[C@@H](N2CCCC2=O)Cc2cccc(c2)OCCCC[C@@H](C(=O)NCC(F)(F)F)N(C)C1=O. The highest BCUT2D eigenvalue weighted by Gasteiger charge is 2.38. The zero-order chi connectivity index (χ0) is 32.3. The van der Waals surface area contributed by atoms with Crippen LogP contribution in [0, 0.1) is 0 Å². The number of allylic oxidation sites excluding steroid dienone is 4. The molecule has 0 saturated carbocycles. The second-order valence-corrected chi connectivity index (χ2v) is 11.0. The largest absolute Gasteiger partial charge is 0.494 e. The fourth-order valence-electron chi connectivity index (χ4n) is 5.40. The fourth-order valence-corrected chi connectivity index (χ4v) is 5.40. The van der Waals surface area contributed by atoms with Crippen molar-refractivity contribution >= 4 is 23.6 Å². The summed E-state index contributed by atoms with van der Waals surface area (Å²) in [6.45, 7) is 6.57. The van der Waals surface area contributed by atoms with Crippen molar-refractivity contribution in [1.29, 1.82) is 0 Å². The summed E-state index contributed by atoms with van der Waals surface area (Å²) in [6.07, 6.45) is 2.72. The molecule has 2 bridgehead atoms. The first-order valence-corrected chi connectivity index (χ1v) is 14.8. The van der Waals surface area contributed by atoms with Crippen LogP contribution in [0.1, 0.15) is 50.5 Å². The van der Waals surface area contributed by atoms with Crippen LogP contribution >= 0.6 is 0 Å². The lowest BCUT2D eigenvalue weighted by molar-refractivity contribution is -0.147. The lowest BCUT2D eigenvalue weighted by Crippen LogP contribution is -2.58. The standard InChI is InChI=1S/C32H41F3N4O5/c1-4-10-22(5-2)15-16-25-31(43)38(3)26(29(41)36-21-32(33,34)35)13-6-7-18-44-24-12-8-11-23(19-24)20-27(30(42)37-25)39-17-9-14-28(39)40/h4-5,8,10-12,19,25-27H,1-2,6-7,9,13-18,20-21H2,3H3,(H,36,41)(H,37,42)/b22-10+/t25-,26-,27-/m0/s1. The van der Waals surface area contributed by atoms with Gasteiger partial charge in [-0.3, -0.25) is 19.2 Å². The average molecular weight is 619 g/mol. The van der Waals surface area contributed by atoms with Crippen LogP contribution in [-0.4, -0.2) is 84.5 Å². The van der Waals surface area contributed by atoms with E-state index in [4.69, 9.17) is 4.74 Å². The first kappa shape index (κ1) is 34.4. The van der Waals surface area contributed by atoms with Gasteiger partial charge >= 0.3 is 6.18 Å². The number of hydrogen-bond acceptors (Lipinski definition) is 5. The Morgan fingerprint density at radius 1 is 1.18 bits per heavy atom. The maximum absolute atomic E-state index is 13.9. The number of hydrogen-bond donors (Lipinski definition) is 2. The van der Waals surface area contributed by atoms with Gasteiger partial charge in [0.25, 0.3) is 0 Å². The highest BCUT2D eigenvalue weighted by atomic mass is 19.4. The van der Waals surface area contributed by atoms with Crippen LogP contribution in [0.15, 0.2) is 61.2 Å². The normalized spacial score (nSPS) is 22.7. The van der Waals surface area contributed by atoms with Crippen LogP contribution in [0.2, 0.25) is 0 Å². The molecule has 0 aliphatic carbocycles. The Kier molecular flexibility index (Phi) is 12.6. The van der Waals surface area contributed by atoms with E-state index in [1.54, 1.807) is 36.4 Å². The minimum atomic E-state index is -4.63. The summed E-state index contributed by atoms with van der Waals surface area (Å²) in [7, 11) is 1.35. The zero-order valence-corrected chi connectivity index (χ0v) is 25.0. The van der Waals surface area contributed by atoms with Gasteiger partial charge in [0.05, 0.1) is 6.61 Å². The van der Waals surface area contributed by atoms with Gasteiger partial charge in [-0.15, -0.1) is 0 Å². The summed E-state index contributed by atoms with van der Waals surface area (Å²) < 4.78 is 44.6. The molecule has 44 heavy (non-hydrogen) atoms. The molecule has 240 valence electrons. The van der Waals surface area contributed by atoms with E-state index in [1.807, 2.05) is 11.4 Å². The molecule has 3 rings (SSSR count). The van der Waals surface area contributed by atoms with Gasteiger partial charge < -0.3 is 25.2 Å². The van der Waals surface area contributed by atoms with Gasteiger partial charge in [0, 0.05) is 26.4 Å². The molecule has 2 N–H and O–H groups in total. The number of nitrogens with one attached hydrogen (secondary N) is 2. The second-order valence-electron chi connectivity index (χ2n) is 11.0. The molecular formula is C32H41F3N4O5. The van der Waals surface area contributed by atoms with E-state index in [-0.39, 0.29) is 31.8 Å². The molecular weight excluding hydrogens is 577 g/mol. The van der Waals surface area contributed by atoms with Crippen molar-refractivity contribution in [2.75, 3.05) is 26.7 Å². The molecule has 12 heteroatoms. The number of nitrogens with zero attached hydrogens (tertiary/aromatic N) is 2. The van der Waals surface area contributed by atoms with E-state index in [0.29, 0.717) is 44.4 Å². The van der Waals surface area contributed by atoms with Crippen molar-refractivity contribution < 1.29 is 37.1 Å².